The van der Waals surface area contributed by atoms with E-state index < -0.39 is 0 Å². The predicted octanol–water partition coefficient (Wildman–Crippen LogP) is 6.48. The summed E-state index contributed by atoms with van der Waals surface area (Å²) in [5.41, 5.74) is 2.64. The quantitative estimate of drug-likeness (QED) is 0.492. The second kappa shape index (κ2) is 7.50. The van der Waals surface area contributed by atoms with Crippen molar-refractivity contribution in [2.24, 2.45) is 16.7 Å². The maximum Gasteiger partial charge on any atom is 0.162 e. The van der Waals surface area contributed by atoms with Crippen molar-refractivity contribution in [3.63, 3.8) is 0 Å². The second-order valence-electron chi connectivity index (χ2n) is 10.4. The third-order valence-electron chi connectivity index (χ3n) is 7.15. The van der Waals surface area contributed by atoms with Crippen molar-refractivity contribution in [1.82, 2.24) is 5.32 Å². The summed E-state index contributed by atoms with van der Waals surface area (Å²) < 4.78 is 12.9. The molecule has 1 aromatic rings. The number of benzene rings is 1. The molecule has 4 aliphatic carbocycles. The van der Waals surface area contributed by atoms with Gasteiger partial charge in [-0.05, 0) is 86.3 Å². The van der Waals surface area contributed by atoms with Crippen LogP contribution in [0.15, 0.2) is 16.6 Å². The van der Waals surface area contributed by atoms with Gasteiger partial charge < -0.3 is 14.8 Å². The number of hydrogen-bond donors (Lipinski definition) is 1. The fraction of sp³-hybridized carbons (Fsp3) is 0.750. The zero-order chi connectivity index (χ0) is 20.0. The van der Waals surface area contributed by atoms with Crippen LogP contribution in [0.2, 0.25) is 0 Å². The van der Waals surface area contributed by atoms with E-state index in [2.05, 4.69) is 54.2 Å². The maximum atomic E-state index is 5.90. The minimum absolute atomic E-state index is 0.311. The molecule has 0 saturated heterocycles. The number of halogens is 1. The molecule has 2 atom stereocenters. The summed E-state index contributed by atoms with van der Waals surface area (Å²) in [5.74, 6) is 2.61. The molecule has 0 spiro atoms. The summed E-state index contributed by atoms with van der Waals surface area (Å²) in [4.78, 5) is 0. The molecule has 2 unspecified atom stereocenters. The van der Waals surface area contributed by atoms with Gasteiger partial charge in [0.05, 0.1) is 13.2 Å². The average molecular weight is 450 g/mol. The maximum absolute atomic E-state index is 5.90. The highest BCUT2D eigenvalue weighted by atomic mass is 79.9. The Hall–Kier alpha value is -0.740. The summed E-state index contributed by atoms with van der Waals surface area (Å²) in [7, 11) is 0. The van der Waals surface area contributed by atoms with E-state index >= 15 is 0 Å². The van der Waals surface area contributed by atoms with Crippen molar-refractivity contribution >= 4 is 15.9 Å². The topological polar surface area (TPSA) is 30.5 Å². The Morgan fingerprint density at radius 3 is 2.29 bits per heavy atom. The first-order chi connectivity index (χ1) is 13.3. The zero-order valence-corrected chi connectivity index (χ0v) is 19.6. The zero-order valence-electron chi connectivity index (χ0n) is 18.0. The fourth-order valence-corrected chi connectivity index (χ4v) is 7.70. The number of rotatable bonds is 8. The summed E-state index contributed by atoms with van der Waals surface area (Å²) in [6, 6.07) is 4.25. The van der Waals surface area contributed by atoms with Crippen molar-refractivity contribution in [1.29, 1.82) is 0 Å². The molecular formula is C24H36BrNO2. The first kappa shape index (κ1) is 20.5. The first-order valence-corrected chi connectivity index (χ1v) is 11.9. The normalized spacial score (nSPS) is 36.0. The molecule has 1 aromatic carbocycles. The van der Waals surface area contributed by atoms with Gasteiger partial charge >= 0.3 is 0 Å². The number of ether oxygens (including phenoxy) is 2. The Bertz CT molecular complexity index is 716. The van der Waals surface area contributed by atoms with Crippen LogP contribution in [0.3, 0.4) is 0 Å². The lowest BCUT2D eigenvalue weighted by Gasteiger charge is -2.65. The molecule has 28 heavy (non-hydrogen) atoms. The summed E-state index contributed by atoms with van der Waals surface area (Å²) in [6.07, 6.45) is 9.31. The average Bonchev–Trinajstić information content (AvgIpc) is 2.57. The van der Waals surface area contributed by atoms with Crippen LogP contribution in [0, 0.1) is 16.7 Å². The van der Waals surface area contributed by atoms with E-state index in [1.54, 1.807) is 0 Å². The highest BCUT2D eigenvalue weighted by Gasteiger charge is 2.59. The Kier molecular flexibility index (Phi) is 5.50. The van der Waals surface area contributed by atoms with Gasteiger partial charge in [-0.15, -0.1) is 0 Å². The van der Waals surface area contributed by atoms with E-state index in [0.29, 0.717) is 29.6 Å². The van der Waals surface area contributed by atoms with Gasteiger partial charge in [0.1, 0.15) is 0 Å². The molecule has 1 N–H and O–H groups in total. The van der Waals surface area contributed by atoms with Crippen molar-refractivity contribution in [2.45, 2.75) is 84.7 Å². The molecule has 3 nitrogen and oxygen atoms in total. The molecule has 0 aromatic heterocycles. The van der Waals surface area contributed by atoms with Crippen LogP contribution in [-0.4, -0.2) is 18.8 Å². The third kappa shape index (κ3) is 3.96. The van der Waals surface area contributed by atoms with E-state index in [1.165, 1.54) is 44.1 Å². The molecule has 4 saturated carbocycles. The standard InChI is InChI=1S/C24H36BrNO2/c1-5-7-28-21-9-19(25)18(8-20(21)27-6-2)13-26-24-12-17-10-22(3,15-24)14-23(4,11-17)16-24/h8-9,17,26H,5-7,10-16H2,1-4H3. The second-order valence-corrected chi connectivity index (χ2v) is 11.3. The summed E-state index contributed by atoms with van der Waals surface area (Å²) >= 11 is 3.78. The van der Waals surface area contributed by atoms with E-state index in [1.807, 2.05) is 6.92 Å². The first-order valence-electron chi connectivity index (χ1n) is 11.1. The fourth-order valence-electron chi connectivity index (χ4n) is 7.23. The van der Waals surface area contributed by atoms with Gasteiger partial charge in [-0.3, -0.25) is 0 Å². The van der Waals surface area contributed by atoms with E-state index in [-0.39, 0.29) is 0 Å². The summed E-state index contributed by atoms with van der Waals surface area (Å²) in [6.45, 7) is 11.5. The van der Waals surface area contributed by atoms with Crippen LogP contribution >= 0.6 is 15.9 Å². The molecule has 0 heterocycles. The Balaban J connectivity index is 1.52. The minimum atomic E-state index is 0.311. The van der Waals surface area contributed by atoms with Crippen molar-refractivity contribution in [2.75, 3.05) is 13.2 Å². The Morgan fingerprint density at radius 2 is 1.68 bits per heavy atom. The molecule has 0 amide bonds. The number of nitrogens with one attached hydrogen (secondary N) is 1. The summed E-state index contributed by atoms with van der Waals surface area (Å²) in [5, 5.41) is 4.04. The molecule has 4 bridgehead atoms. The van der Waals surface area contributed by atoms with Crippen LogP contribution in [0.4, 0.5) is 0 Å². The van der Waals surface area contributed by atoms with Gasteiger partial charge in [-0.2, -0.15) is 0 Å². The monoisotopic (exact) mass is 449 g/mol. The SMILES string of the molecule is CCCOc1cc(Br)c(CNC23CC4CC(C)(CC(C)(C4)C2)C3)cc1OCC. The molecule has 5 rings (SSSR count). The molecule has 4 fully saturated rings. The van der Waals surface area contributed by atoms with Gasteiger partial charge in [-0.1, -0.05) is 36.7 Å². The van der Waals surface area contributed by atoms with E-state index in [4.69, 9.17) is 9.47 Å². The van der Waals surface area contributed by atoms with Crippen LogP contribution in [-0.2, 0) is 6.54 Å². The van der Waals surface area contributed by atoms with Gasteiger partial charge in [0.15, 0.2) is 11.5 Å². The molecule has 4 aliphatic rings. The predicted molar refractivity (Wildman–Crippen MR) is 118 cm³/mol. The lowest BCUT2D eigenvalue weighted by molar-refractivity contribution is -0.118. The number of hydrogen-bond acceptors (Lipinski definition) is 3. The lowest BCUT2D eigenvalue weighted by atomic mass is 9.43. The van der Waals surface area contributed by atoms with Crippen LogP contribution in [0.25, 0.3) is 0 Å². The largest absolute Gasteiger partial charge is 0.490 e. The smallest absolute Gasteiger partial charge is 0.162 e. The van der Waals surface area contributed by atoms with Crippen LogP contribution in [0.5, 0.6) is 11.5 Å². The van der Waals surface area contributed by atoms with E-state index in [9.17, 15) is 0 Å². The molecule has 156 valence electrons. The van der Waals surface area contributed by atoms with Crippen molar-refractivity contribution < 1.29 is 9.47 Å². The minimum Gasteiger partial charge on any atom is -0.490 e. The van der Waals surface area contributed by atoms with Gasteiger partial charge in [0.2, 0.25) is 0 Å². The molecule has 0 aliphatic heterocycles. The molecule has 4 heteroatoms. The van der Waals surface area contributed by atoms with Crippen LogP contribution < -0.4 is 14.8 Å². The highest BCUT2D eigenvalue weighted by molar-refractivity contribution is 9.10. The molecular weight excluding hydrogens is 414 g/mol. The third-order valence-corrected chi connectivity index (χ3v) is 7.89. The van der Waals surface area contributed by atoms with E-state index in [0.717, 1.165) is 34.9 Å². The van der Waals surface area contributed by atoms with Crippen LogP contribution in [0.1, 0.15) is 78.2 Å². The Morgan fingerprint density at radius 1 is 1.00 bits per heavy atom. The van der Waals surface area contributed by atoms with Gasteiger partial charge in [0, 0.05) is 16.6 Å². The van der Waals surface area contributed by atoms with Gasteiger partial charge in [-0.25, -0.2) is 0 Å². The van der Waals surface area contributed by atoms with Gasteiger partial charge in [0.25, 0.3) is 0 Å². The molecule has 0 radical (unpaired) electrons. The van der Waals surface area contributed by atoms with Crippen molar-refractivity contribution in [3.05, 3.63) is 22.2 Å². The van der Waals surface area contributed by atoms with Crippen molar-refractivity contribution in [3.8, 4) is 11.5 Å². The lowest BCUT2D eigenvalue weighted by Crippen LogP contribution is -2.63. The highest BCUT2D eigenvalue weighted by Crippen LogP contribution is 2.66. The Labute approximate surface area is 179 Å².